The van der Waals surface area contributed by atoms with Gasteiger partial charge in [0.1, 0.15) is 11.1 Å². The summed E-state index contributed by atoms with van der Waals surface area (Å²) >= 11 is 1.65. The summed E-state index contributed by atoms with van der Waals surface area (Å²) < 4.78 is 0. The predicted molar refractivity (Wildman–Crippen MR) is 141 cm³/mol. The molecule has 3 aromatic rings. The SMILES string of the molecule is CC1(C)Cc2c(sc(NC=NCc3ccccc3)c2C#N)C(C)(C)N1.CCc1ccccc1. The van der Waals surface area contributed by atoms with Crippen LogP contribution in [0.2, 0.25) is 0 Å². The first kappa shape index (κ1) is 24.7. The molecule has 0 bridgehead atoms. The Labute approximate surface area is 202 Å². The highest BCUT2D eigenvalue weighted by Crippen LogP contribution is 2.44. The van der Waals surface area contributed by atoms with Gasteiger partial charge in [-0.2, -0.15) is 5.26 Å². The second-order valence-electron chi connectivity index (χ2n) is 9.48. The van der Waals surface area contributed by atoms with Gasteiger partial charge in [-0.25, -0.2) is 0 Å². The first-order valence-corrected chi connectivity index (χ1v) is 12.3. The molecule has 2 heterocycles. The Morgan fingerprint density at radius 3 is 2.18 bits per heavy atom. The van der Waals surface area contributed by atoms with Crippen molar-refractivity contribution in [2.45, 2.75) is 65.1 Å². The lowest BCUT2D eigenvalue weighted by Gasteiger charge is -2.42. The van der Waals surface area contributed by atoms with Crippen LogP contribution in [0.25, 0.3) is 0 Å². The van der Waals surface area contributed by atoms with Crippen molar-refractivity contribution in [2.24, 2.45) is 4.99 Å². The molecule has 4 rings (SSSR count). The Kier molecular flexibility index (Phi) is 8.07. The molecule has 0 saturated carbocycles. The number of nitrogens with one attached hydrogen (secondary N) is 2. The molecule has 0 saturated heterocycles. The van der Waals surface area contributed by atoms with E-state index in [2.05, 4.69) is 92.7 Å². The number of anilines is 1. The van der Waals surface area contributed by atoms with E-state index in [4.69, 9.17) is 0 Å². The van der Waals surface area contributed by atoms with Crippen molar-refractivity contribution in [1.82, 2.24) is 5.32 Å². The normalized spacial score (nSPS) is 15.8. The molecule has 2 aromatic carbocycles. The molecule has 1 aromatic heterocycles. The lowest BCUT2D eigenvalue weighted by atomic mass is 9.81. The quantitative estimate of drug-likeness (QED) is 0.332. The lowest BCUT2D eigenvalue weighted by molar-refractivity contribution is 0.247. The van der Waals surface area contributed by atoms with Gasteiger partial charge in [0.05, 0.1) is 18.4 Å². The zero-order chi connectivity index (χ0) is 23.9. The van der Waals surface area contributed by atoms with Gasteiger partial charge in [0, 0.05) is 16.0 Å². The van der Waals surface area contributed by atoms with Gasteiger partial charge in [0.25, 0.3) is 0 Å². The van der Waals surface area contributed by atoms with E-state index in [0.717, 1.165) is 23.4 Å². The fourth-order valence-corrected chi connectivity index (χ4v) is 5.49. The molecule has 0 atom stereocenters. The maximum atomic E-state index is 9.69. The van der Waals surface area contributed by atoms with Crippen molar-refractivity contribution in [1.29, 1.82) is 5.26 Å². The monoisotopic (exact) mass is 458 g/mol. The fourth-order valence-electron chi connectivity index (χ4n) is 4.30. The van der Waals surface area contributed by atoms with E-state index in [1.54, 1.807) is 17.7 Å². The Morgan fingerprint density at radius 1 is 1.03 bits per heavy atom. The maximum Gasteiger partial charge on any atom is 0.112 e. The number of hydrogen-bond acceptors (Lipinski definition) is 4. The fraction of sp³-hybridized carbons (Fsp3) is 0.357. The Hall–Kier alpha value is -2.94. The molecular formula is C28H34N4S. The zero-order valence-electron chi connectivity index (χ0n) is 20.3. The molecule has 0 aliphatic carbocycles. The minimum atomic E-state index is -0.144. The molecular weight excluding hydrogens is 424 g/mol. The van der Waals surface area contributed by atoms with Crippen LogP contribution in [-0.2, 0) is 24.9 Å². The second kappa shape index (κ2) is 10.8. The molecule has 5 heteroatoms. The summed E-state index contributed by atoms with van der Waals surface area (Å²) in [5.74, 6) is 0. The van der Waals surface area contributed by atoms with Gasteiger partial charge >= 0.3 is 0 Å². The van der Waals surface area contributed by atoms with Crippen LogP contribution in [0.1, 0.15) is 61.7 Å². The maximum absolute atomic E-state index is 9.69. The van der Waals surface area contributed by atoms with Gasteiger partial charge in [-0.1, -0.05) is 67.6 Å². The summed E-state index contributed by atoms with van der Waals surface area (Å²) in [5, 5.41) is 17.5. The average molecular weight is 459 g/mol. The summed E-state index contributed by atoms with van der Waals surface area (Å²) in [6.45, 7) is 11.5. The number of nitrogens with zero attached hydrogens (tertiary/aromatic N) is 2. The number of aliphatic imine (C=N–C) groups is 1. The highest BCUT2D eigenvalue weighted by molar-refractivity contribution is 7.16. The van der Waals surface area contributed by atoms with E-state index in [9.17, 15) is 5.26 Å². The van der Waals surface area contributed by atoms with Gasteiger partial charge < -0.3 is 10.6 Å². The third kappa shape index (κ3) is 6.54. The first-order valence-electron chi connectivity index (χ1n) is 11.4. The molecule has 1 aliphatic heterocycles. The summed E-state index contributed by atoms with van der Waals surface area (Å²) in [6.07, 6.45) is 3.70. The van der Waals surface area contributed by atoms with Crippen molar-refractivity contribution < 1.29 is 0 Å². The molecule has 0 spiro atoms. The van der Waals surface area contributed by atoms with Crippen LogP contribution in [0.3, 0.4) is 0 Å². The molecule has 4 nitrogen and oxygen atoms in total. The van der Waals surface area contributed by atoms with Gasteiger partial charge in [0.2, 0.25) is 0 Å². The second-order valence-corrected chi connectivity index (χ2v) is 10.5. The number of thiophene rings is 1. The van der Waals surface area contributed by atoms with Crippen LogP contribution in [0.15, 0.2) is 65.7 Å². The number of hydrogen-bond donors (Lipinski definition) is 2. The number of fused-ring (bicyclic) bond motifs is 1. The number of benzene rings is 2. The van der Waals surface area contributed by atoms with Crippen molar-refractivity contribution >= 4 is 22.7 Å². The molecule has 0 unspecified atom stereocenters. The highest BCUT2D eigenvalue weighted by Gasteiger charge is 2.40. The smallest absolute Gasteiger partial charge is 0.112 e. The number of nitriles is 1. The lowest BCUT2D eigenvalue weighted by Crippen LogP contribution is -2.54. The standard InChI is InChI=1S/C20H24N4S.C8H10/c1-19(2)10-15-16(11-21)18(25-17(15)20(3,4)24-19)23-13-22-12-14-8-6-5-7-9-14;1-2-8-6-4-3-5-7-8/h5-9,13,24H,10,12H2,1-4H3,(H,22,23);3-7H,2H2,1H3. The predicted octanol–water partition coefficient (Wildman–Crippen LogP) is 6.67. The van der Waals surface area contributed by atoms with Crippen molar-refractivity contribution in [2.75, 3.05) is 5.32 Å². The molecule has 0 fully saturated rings. The minimum Gasteiger partial charge on any atom is -0.337 e. The zero-order valence-corrected chi connectivity index (χ0v) is 21.1. The summed E-state index contributed by atoms with van der Waals surface area (Å²) in [4.78, 5) is 5.67. The summed E-state index contributed by atoms with van der Waals surface area (Å²) in [7, 11) is 0. The topological polar surface area (TPSA) is 60.2 Å². The van der Waals surface area contributed by atoms with Crippen LogP contribution >= 0.6 is 11.3 Å². The van der Waals surface area contributed by atoms with Gasteiger partial charge in [-0.15, -0.1) is 11.3 Å². The van der Waals surface area contributed by atoms with Crippen molar-refractivity contribution in [3.8, 4) is 6.07 Å². The Morgan fingerprint density at radius 2 is 1.64 bits per heavy atom. The Bertz CT molecular complexity index is 1110. The Balaban J connectivity index is 0.000000323. The molecule has 0 amide bonds. The summed E-state index contributed by atoms with van der Waals surface area (Å²) in [5.41, 5.74) is 4.33. The summed E-state index contributed by atoms with van der Waals surface area (Å²) in [6, 6.07) is 23.0. The molecule has 1 aliphatic rings. The van der Waals surface area contributed by atoms with E-state index in [1.165, 1.54) is 21.6 Å². The van der Waals surface area contributed by atoms with Crippen LogP contribution in [-0.4, -0.2) is 11.9 Å². The molecule has 33 heavy (non-hydrogen) atoms. The third-order valence-corrected chi connectivity index (χ3v) is 7.10. The highest BCUT2D eigenvalue weighted by atomic mass is 32.1. The van der Waals surface area contributed by atoms with E-state index in [-0.39, 0.29) is 11.1 Å². The van der Waals surface area contributed by atoms with E-state index < -0.39 is 0 Å². The van der Waals surface area contributed by atoms with Crippen LogP contribution in [0.5, 0.6) is 0 Å². The van der Waals surface area contributed by atoms with Crippen molar-refractivity contribution in [3.05, 3.63) is 87.8 Å². The molecule has 2 N–H and O–H groups in total. The van der Waals surface area contributed by atoms with Crippen LogP contribution < -0.4 is 10.6 Å². The molecule has 0 radical (unpaired) electrons. The largest absolute Gasteiger partial charge is 0.337 e. The minimum absolute atomic E-state index is 0.0260. The van der Waals surface area contributed by atoms with E-state index in [1.807, 2.05) is 24.3 Å². The van der Waals surface area contributed by atoms with E-state index in [0.29, 0.717) is 6.54 Å². The number of rotatable bonds is 5. The van der Waals surface area contributed by atoms with Crippen LogP contribution in [0.4, 0.5) is 5.00 Å². The van der Waals surface area contributed by atoms with Gasteiger partial charge in [-0.05, 0) is 57.2 Å². The van der Waals surface area contributed by atoms with E-state index >= 15 is 0 Å². The van der Waals surface area contributed by atoms with Crippen LogP contribution in [0, 0.1) is 11.3 Å². The third-order valence-electron chi connectivity index (χ3n) is 5.61. The average Bonchev–Trinajstić information content (AvgIpc) is 3.15. The van der Waals surface area contributed by atoms with Gasteiger partial charge in [-0.3, -0.25) is 4.99 Å². The van der Waals surface area contributed by atoms with Crippen molar-refractivity contribution in [3.63, 3.8) is 0 Å². The van der Waals surface area contributed by atoms with Gasteiger partial charge in [0.15, 0.2) is 0 Å². The number of aryl methyl sites for hydroxylation is 1. The first-order chi connectivity index (χ1) is 15.8. The molecule has 172 valence electrons.